The smallest absolute Gasteiger partial charge is 0.335 e. The minimum Gasteiger partial charge on any atom is -0.593 e. The summed E-state index contributed by atoms with van der Waals surface area (Å²) in [5, 5.41) is 22.2. The third-order valence-corrected chi connectivity index (χ3v) is 7.51. The van der Waals surface area contributed by atoms with Crippen molar-refractivity contribution < 1.29 is 26.8 Å². The number of aliphatic hydroxyl groups excluding tert-OH is 1. The normalized spacial score (nSPS) is 17.5. The number of aliphatic hydroxyl groups is 1. The molecule has 0 spiro atoms. The van der Waals surface area contributed by atoms with Crippen molar-refractivity contribution in [2.24, 2.45) is 0 Å². The van der Waals surface area contributed by atoms with Crippen LogP contribution in [0.5, 0.6) is 0 Å². The second-order valence-corrected chi connectivity index (χ2v) is 9.46. The van der Waals surface area contributed by atoms with Gasteiger partial charge in [0.1, 0.15) is 0 Å². The quantitative estimate of drug-likeness (QED) is 0.564. The highest BCUT2D eigenvalue weighted by atomic mass is 32.2. The SMILES string of the molecule is O=S(=O)(CCO)c1ccc(S(=O)(=O)C2CCCCC2)[n+]([O-])n1. The molecule has 0 amide bonds. The van der Waals surface area contributed by atoms with Gasteiger partial charge in [-0.05, 0) is 23.8 Å². The molecule has 0 saturated heterocycles. The van der Waals surface area contributed by atoms with Crippen molar-refractivity contribution in [1.82, 2.24) is 5.10 Å². The molecule has 0 bridgehead atoms. The maximum Gasteiger partial charge on any atom is 0.335 e. The molecule has 8 nitrogen and oxygen atoms in total. The highest BCUT2D eigenvalue weighted by molar-refractivity contribution is 7.92. The zero-order valence-corrected chi connectivity index (χ0v) is 13.5. The molecule has 1 aliphatic rings. The molecule has 1 aromatic heterocycles. The van der Waals surface area contributed by atoms with Crippen molar-refractivity contribution >= 4 is 19.7 Å². The molecule has 2 rings (SSSR count). The summed E-state index contributed by atoms with van der Waals surface area (Å²) in [6, 6.07) is 1.98. The summed E-state index contributed by atoms with van der Waals surface area (Å²) >= 11 is 0. The number of hydrogen-bond acceptors (Lipinski definition) is 7. The summed E-state index contributed by atoms with van der Waals surface area (Å²) in [4.78, 5) is -0.145. The van der Waals surface area contributed by atoms with Crippen molar-refractivity contribution in [3.05, 3.63) is 17.3 Å². The van der Waals surface area contributed by atoms with Gasteiger partial charge in [0.05, 0.1) is 17.6 Å². The number of aromatic nitrogens is 2. The van der Waals surface area contributed by atoms with Gasteiger partial charge in [0.2, 0.25) is 24.7 Å². The molecular weight excluding hydrogens is 332 g/mol. The van der Waals surface area contributed by atoms with Crippen LogP contribution in [0.15, 0.2) is 22.2 Å². The molecule has 1 heterocycles. The summed E-state index contributed by atoms with van der Waals surface area (Å²) in [6.07, 6.45) is 3.54. The molecule has 10 heteroatoms. The minimum absolute atomic E-state index is 0.145. The van der Waals surface area contributed by atoms with E-state index in [9.17, 15) is 22.0 Å². The maximum absolute atomic E-state index is 12.4. The molecule has 0 aliphatic heterocycles. The molecule has 1 aromatic rings. The first-order valence-electron chi connectivity index (χ1n) is 6.97. The van der Waals surface area contributed by atoms with Crippen LogP contribution in [0.1, 0.15) is 32.1 Å². The van der Waals surface area contributed by atoms with E-state index in [0.717, 1.165) is 31.4 Å². The van der Waals surface area contributed by atoms with Crippen LogP contribution in [0.2, 0.25) is 0 Å². The standard InChI is InChI=1S/C12H18N2O6S2/c15-8-9-21(17,18)11-6-7-12(14(16)13-11)22(19,20)10-4-2-1-3-5-10/h6-7,10,15H,1-5,8-9H2. The van der Waals surface area contributed by atoms with Gasteiger partial charge >= 0.3 is 5.03 Å². The zero-order valence-electron chi connectivity index (χ0n) is 11.9. The van der Waals surface area contributed by atoms with Crippen LogP contribution in [0.4, 0.5) is 0 Å². The molecule has 22 heavy (non-hydrogen) atoms. The van der Waals surface area contributed by atoms with Crippen molar-refractivity contribution in [1.29, 1.82) is 0 Å². The van der Waals surface area contributed by atoms with E-state index in [0.29, 0.717) is 12.8 Å². The summed E-state index contributed by atoms with van der Waals surface area (Å²) in [5.74, 6) is -0.575. The Morgan fingerprint density at radius 3 is 2.36 bits per heavy atom. The fourth-order valence-electron chi connectivity index (χ4n) is 2.52. The van der Waals surface area contributed by atoms with E-state index in [-0.39, 0.29) is 4.85 Å². The molecule has 1 N–H and O–H groups in total. The maximum atomic E-state index is 12.4. The Hall–Kier alpha value is -1.26. The Balaban J connectivity index is 2.37. The molecule has 0 atom stereocenters. The van der Waals surface area contributed by atoms with Crippen LogP contribution in [0.3, 0.4) is 0 Å². The summed E-state index contributed by atoms with van der Waals surface area (Å²) in [5.41, 5.74) is 0. The van der Waals surface area contributed by atoms with Gasteiger partial charge in [0.25, 0.3) is 0 Å². The third kappa shape index (κ3) is 3.39. The predicted octanol–water partition coefficient (Wildman–Crippen LogP) is -0.413. The lowest BCUT2D eigenvalue weighted by molar-refractivity contribution is -0.711. The molecule has 1 saturated carbocycles. The van der Waals surface area contributed by atoms with Crippen molar-refractivity contribution in [2.75, 3.05) is 12.4 Å². The molecule has 0 unspecified atom stereocenters. The van der Waals surface area contributed by atoms with E-state index in [1.807, 2.05) is 0 Å². The van der Waals surface area contributed by atoms with E-state index < -0.39 is 47.3 Å². The van der Waals surface area contributed by atoms with Crippen molar-refractivity contribution in [3.63, 3.8) is 0 Å². The van der Waals surface area contributed by atoms with E-state index in [2.05, 4.69) is 5.10 Å². The second-order valence-electron chi connectivity index (χ2n) is 5.23. The fraction of sp³-hybridized carbons (Fsp3) is 0.667. The Bertz CT molecular complexity index is 739. The fourth-order valence-corrected chi connectivity index (χ4v) is 5.25. The predicted molar refractivity (Wildman–Crippen MR) is 76.4 cm³/mol. The minimum atomic E-state index is -3.90. The third-order valence-electron chi connectivity index (χ3n) is 3.71. The molecule has 1 fully saturated rings. The summed E-state index contributed by atoms with van der Waals surface area (Å²) in [7, 11) is -7.72. The monoisotopic (exact) mass is 350 g/mol. The first-order valence-corrected chi connectivity index (χ1v) is 10.2. The van der Waals surface area contributed by atoms with Gasteiger partial charge in [-0.15, -0.1) is 0 Å². The van der Waals surface area contributed by atoms with Crippen LogP contribution in [0, 0.1) is 5.21 Å². The topological polar surface area (TPSA) is 128 Å². The van der Waals surface area contributed by atoms with Crippen LogP contribution < -0.4 is 4.85 Å². The highest BCUT2D eigenvalue weighted by Crippen LogP contribution is 2.27. The Labute approximate surface area is 129 Å². The average Bonchev–Trinajstić information content (AvgIpc) is 2.47. The van der Waals surface area contributed by atoms with E-state index in [4.69, 9.17) is 5.11 Å². The first kappa shape index (κ1) is 17.1. The van der Waals surface area contributed by atoms with Gasteiger partial charge in [0.15, 0.2) is 0 Å². The molecular formula is C12H18N2O6S2. The van der Waals surface area contributed by atoms with Crippen LogP contribution in [-0.2, 0) is 19.7 Å². The molecule has 124 valence electrons. The lowest BCUT2D eigenvalue weighted by Gasteiger charge is -2.20. The van der Waals surface area contributed by atoms with E-state index in [1.165, 1.54) is 0 Å². The highest BCUT2D eigenvalue weighted by Gasteiger charge is 2.36. The lowest BCUT2D eigenvalue weighted by Crippen LogP contribution is -2.42. The molecule has 0 radical (unpaired) electrons. The number of sulfone groups is 2. The van der Waals surface area contributed by atoms with Crippen LogP contribution in [0.25, 0.3) is 0 Å². The summed E-state index contributed by atoms with van der Waals surface area (Å²) in [6.45, 7) is -0.606. The Morgan fingerprint density at radius 1 is 1.18 bits per heavy atom. The van der Waals surface area contributed by atoms with Gasteiger partial charge in [-0.2, -0.15) is 0 Å². The first-order chi connectivity index (χ1) is 10.3. The van der Waals surface area contributed by atoms with Crippen molar-refractivity contribution in [3.8, 4) is 0 Å². The van der Waals surface area contributed by atoms with Crippen LogP contribution >= 0.6 is 0 Å². The average molecular weight is 350 g/mol. The Kier molecular flexibility index (Phi) is 5.03. The largest absolute Gasteiger partial charge is 0.593 e. The van der Waals surface area contributed by atoms with Crippen molar-refractivity contribution in [2.45, 2.75) is 47.4 Å². The zero-order chi connectivity index (χ0) is 16.4. The molecule has 0 aromatic carbocycles. The van der Waals surface area contributed by atoms with Gasteiger partial charge < -0.3 is 10.3 Å². The van der Waals surface area contributed by atoms with Crippen LogP contribution in [-0.4, -0.2) is 44.7 Å². The Morgan fingerprint density at radius 2 is 1.82 bits per heavy atom. The molecule has 1 aliphatic carbocycles. The van der Waals surface area contributed by atoms with Gasteiger partial charge in [-0.25, -0.2) is 16.8 Å². The van der Waals surface area contributed by atoms with E-state index >= 15 is 0 Å². The lowest BCUT2D eigenvalue weighted by atomic mass is 10.0. The van der Waals surface area contributed by atoms with Gasteiger partial charge in [-0.1, -0.05) is 19.3 Å². The van der Waals surface area contributed by atoms with Gasteiger partial charge in [-0.3, -0.25) is 0 Å². The second kappa shape index (κ2) is 6.47. The number of nitrogens with zero attached hydrogens (tertiary/aromatic N) is 2. The number of hydrogen-bond donors (Lipinski definition) is 1. The summed E-state index contributed by atoms with van der Waals surface area (Å²) < 4.78 is 48.3. The number of rotatable bonds is 5. The van der Waals surface area contributed by atoms with E-state index in [1.54, 1.807) is 0 Å². The van der Waals surface area contributed by atoms with Gasteiger partial charge in [0, 0.05) is 11.2 Å².